The Balaban J connectivity index is 1.70. The monoisotopic (exact) mass is 288 g/mol. The highest BCUT2D eigenvalue weighted by Gasteiger charge is 2.45. The van der Waals surface area contributed by atoms with Crippen LogP contribution in [0.4, 0.5) is 0 Å². The van der Waals surface area contributed by atoms with E-state index in [0.717, 1.165) is 19.4 Å². The van der Waals surface area contributed by atoms with E-state index < -0.39 is 0 Å². The molecule has 1 aliphatic carbocycles. The second-order valence-electron chi connectivity index (χ2n) is 6.23. The van der Waals surface area contributed by atoms with Crippen LogP contribution in [0.25, 0.3) is 0 Å². The van der Waals surface area contributed by atoms with Gasteiger partial charge in [-0.15, -0.1) is 0 Å². The van der Waals surface area contributed by atoms with Crippen molar-refractivity contribution in [2.75, 3.05) is 13.7 Å². The van der Waals surface area contributed by atoms with Gasteiger partial charge < -0.3 is 4.74 Å². The summed E-state index contributed by atoms with van der Waals surface area (Å²) in [6, 6.07) is 4.65. The molecule has 0 bridgehead atoms. The molecule has 4 nitrogen and oxygen atoms in total. The molecule has 1 aromatic rings. The number of nitrogens with zero attached hydrogens (tertiary/aromatic N) is 2. The first-order valence-corrected chi connectivity index (χ1v) is 8.02. The Morgan fingerprint density at radius 2 is 2.10 bits per heavy atom. The van der Waals surface area contributed by atoms with Gasteiger partial charge >= 0.3 is 5.97 Å². The van der Waals surface area contributed by atoms with Gasteiger partial charge in [0.05, 0.1) is 7.11 Å². The Hall–Kier alpha value is -1.42. The number of hydrogen-bond acceptors (Lipinski definition) is 4. The maximum atomic E-state index is 12.1. The van der Waals surface area contributed by atoms with E-state index >= 15 is 0 Å². The summed E-state index contributed by atoms with van der Waals surface area (Å²) in [5.74, 6) is 0.624. The lowest BCUT2D eigenvalue weighted by atomic mass is 9.84. The molecule has 2 heterocycles. The number of methoxy groups -OCH3 is 1. The van der Waals surface area contributed by atoms with Gasteiger partial charge in [0.15, 0.2) is 0 Å². The SMILES string of the molecule is COC(=O)[C@@H]1C[C@@H]2CCCC[C@H]2N1CCc1ccncc1. The van der Waals surface area contributed by atoms with E-state index in [9.17, 15) is 4.79 Å². The zero-order valence-corrected chi connectivity index (χ0v) is 12.7. The van der Waals surface area contributed by atoms with E-state index in [1.165, 1.54) is 38.4 Å². The Kier molecular flexibility index (Phi) is 4.54. The average molecular weight is 288 g/mol. The molecular formula is C17H24N2O2. The van der Waals surface area contributed by atoms with Crippen LogP contribution in [-0.2, 0) is 16.0 Å². The first-order valence-electron chi connectivity index (χ1n) is 8.02. The number of pyridine rings is 1. The highest BCUT2D eigenvalue weighted by Crippen LogP contribution is 2.40. The maximum Gasteiger partial charge on any atom is 0.323 e. The van der Waals surface area contributed by atoms with E-state index in [4.69, 9.17) is 4.74 Å². The first-order chi connectivity index (χ1) is 10.3. The molecule has 4 heteroatoms. The largest absolute Gasteiger partial charge is 0.468 e. The van der Waals surface area contributed by atoms with E-state index in [-0.39, 0.29) is 12.0 Å². The minimum absolute atomic E-state index is 0.0371. The molecule has 3 rings (SSSR count). The second kappa shape index (κ2) is 6.56. The maximum absolute atomic E-state index is 12.1. The van der Waals surface area contributed by atoms with Gasteiger partial charge in [-0.3, -0.25) is 14.7 Å². The van der Waals surface area contributed by atoms with Crippen molar-refractivity contribution in [2.24, 2.45) is 5.92 Å². The van der Waals surface area contributed by atoms with Crippen LogP contribution in [0.1, 0.15) is 37.7 Å². The van der Waals surface area contributed by atoms with Crippen LogP contribution in [0.3, 0.4) is 0 Å². The molecule has 2 fully saturated rings. The van der Waals surface area contributed by atoms with Crippen LogP contribution in [0.5, 0.6) is 0 Å². The topological polar surface area (TPSA) is 42.4 Å². The van der Waals surface area contributed by atoms with Gasteiger partial charge in [-0.05, 0) is 49.3 Å². The summed E-state index contributed by atoms with van der Waals surface area (Å²) in [6.45, 7) is 0.935. The van der Waals surface area contributed by atoms with Crippen molar-refractivity contribution in [1.82, 2.24) is 9.88 Å². The molecule has 0 N–H and O–H groups in total. The van der Waals surface area contributed by atoms with Gasteiger partial charge in [-0.2, -0.15) is 0 Å². The van der Waals surface area contributed by atoms with E-state index in [1.54, 1.807) is 0 Å². The molecule has 0 spiro atoms. The third-order valence-corrected chi connectivity index (χ3v) is 5.10. The summed E-state index contributed by atoms with van der Waals surface area (Å²) in [6.07, 6.45) is 10.7. The van der Waals surface area contributed by atoms with Crippen molar-refractivity contribution >= 4 is 5.97 Å². The molecule has 1 saturated carbocycles. The summed E-state index contributed by atoms with van der Waals surface area (Å²) in [7, 11) is 1.51. The van der Waals surface area contributed by atoms with Crippen molar-refractivity contribution < 1.29 is 9.53 Å². The van der Waals surface area contributed by atoms with E-state index in [2.05, 4.69) is 22.0 Å². The molecule has 0 aromatic carbocycles. The van der Waals surface area contributed by atoms with Crippen molar-refractivity contribution in [3.8, 4) is 0 Å². The summed E-state index contributed by atoms with van der Waals surface area (Å²) in [4.78, 5) is 18.6. The molecule has 0 amide bonds. The van der Waals surface area contributed by atoms with Crippen LogP contribution in [0.15, 0.2) is 24.5 Å². The Morgan fingerprint density at radius 1 is 1.33 bits per heavy atom. The molecule has 2 aliphatic rings. The molecule has 0 radical (unpaired) electrons. The Morgan fingerprint density at radius 3 is 2.86 bits per heavy atom. The number of carbonyl (C=O) groups excluding carboxylic acids is 1. The summed E-state index contributed by atoms with van der Waals surface area (Å²) >= 11 is 0. The zero-order valence-electron chi connectivity index (χ0n) is 12.7. The minimum Gasteiger partial charge on any atom is -0.468 e. The van der Waals surface area contributed by atoms with Crippen molar-refractivity contribution in [2.45, 2.75) is 50.6 Å². The van der Waals surface area contributed by atoms with Gasteiger partial charge in [0, 0.05) is 25.0 Å². The van der Waals surface area contributed by atoms with Crippen LogP contribution < -0.4 is 0 Å². The number of hydrogen-bond donors (Lipinski definition) is 0. The van der Waals surface area contributed by atoms with Gasteiger partial charge in [-0.25, -0.2) is 0 Å². The highest BCUT2D eigenvalue weighted by atomic mass is 16.5. The Labute approximate surface area is 126 Å². The first kappa shape index (κ1) is 14.5. The summed E-state index contributed by atoms with van der Waals surface area (Å²) in [5.41, 5.74) is 1.29. The predicted molar refractivity (Wildman–Crippen MR) is 80.8 cm³/mol. The normalized spacial score (nSPS) is 29.1. The standard InChI is InChI=1S/C17H24N2O2/c1-21-17(20)16-12-14-4-2-3-5-15(14)19(16)11-8-13-6-9-18-10-7-13/h6-7,9-10,14-16H,2-5,8,11-12H2,1H3/t14-,15+,16-/m0/s1. The third kappa shape index (κ3) is 3.10. The van der Waals surface area contributed by atoms with E-state index in [1.807, 2.05) is 12.4 Å². The molecule has 3 atom stereocenters. The fourth-order valence-electron chi connectivity index (χ4n) is 4.05. The van der Waals surface area contributed by atoms with Crippen LogP contribution in [-0.4, -0.2) is 41.6 Å². The van der Waals surface area contributed by atoms with Crippen LogP contribution >= 0.6 is 0 Å². The van der Waals surface area contributed by atoms with Gasteiger partial charge in [0.1, 0.15) is 6.04 Å². The zero-order chi connectivity index (χ0) is 14.7. The number of rotatable bonds is 4. The smallest absolute Gasteiger partial charge is 0.323 e. The van der Waals surface area contributed by atoms with Gasteiger partial charge in [0.2, 0.25) is 0 Å². The predicted octanol–water partition coefficient (Wildman–Crippen LogP) is 2.43. The van der Waals surface area contributed by atoms with Crippen LogP contribution in [0, 0.1) is 5.92 Å². The lowest BCUT2D eigenvalue weighted by Crippen LogP contribution is -2.43. The third-order valence-electron chi connectivity index (χ3n) is 5.10. The average Bonchev–Trinajstić information content (AvgIpc) is 2.92. The number of carbonyl (C=O) groups is 1. The fraction of sp³-hybridized carbons (Fsp3) is 0.647. The molecule has 1 aromatic heterocycles. The van der Waals surface area contributed by atoms with Gasteiger partial charge in [-0.1, -0.05) is 12.8 Å². The summed E-state index contributed by atoms with van der Waals surface area (Å²) in [5, 5.41) is 0. The lowest BCUT2D eigenvalue weighted by molar-refractivity contribution is -0.146. The van der Waals surface area contributed by atoms with Crippen molar-refractivity contribution in [1.29, 1.82) is 0 Å². The number of aromatic nitrogens is 1. The second-order valence-corrected chi connectivity index (χ2v) is 6.23. The quantitative estimate of drug-likeness (QED) is 0.798. The molecule has 1 aliphatic heterocycles. The minimum atomic E-state index is -0.0564. The molecule has 21 heavy (non-hydrogen) atoms. The lowest BCUT2D eigenvalue weighted by Gasteiger charge is -2.33. The van der Waals surface area contributed by atoms with Crippen molar-refractivity contribution in [3.63, 3.8) is 0 Å². The molecule has 1 saturated heterocycles. The summed E-state index contributed by atoms with van der Waals surface area (Å²) < 4.78 is 5.03. The number of likely N-dealkylation sites (tertiary alicyclic amines) is 1. The Bertz CT molecular complexity index is 477. The molecular weight excluding hydrogens is 264 g/mol. The molecule has 0 unspecified atom stereocenters. The molecule has 114 valence electrons. The fourth-order valence-corrected chi connectivity index (χ4v) is 4.05. The number of esters is 1. The van der Waals surface area contributed by atoms with Gasteiger partial charge in [0.25, 0.3) is 0 Å². The number of ether oxygens (including phenoxy) is 1. The highest BCUT2D eigenvalue weighted by molar-refractivity contribution is 5.76. The van der Waals surface area contributed by atoms with E-state index in [0.29, 0.717) is 12.0 Å². The number of fused-ring (bicyclic) bond motifs is 1. The van der Waals surface area contributed by atoms with Crippen molar-refractivity contribution in [3.05, 3.63) is 30.1 Å². The van der Waals surface area contributed by atoms with Crippen LogP contribution in [0.2, 0.25) is 0 Å².